The zero-order valence-electron chi connectivity index (χ0n) is 12.9. The Kier molecular flexibility index (Phi) is 3.92. The monoisotopic (exact) mass is 353 g/mol. The fourth-order valence-corrected chi connectivity index (χ4v) is 4.40. The Morgan fingerprint density at radius 1 is 1.12 bits per heavy atom. The van der Waals surface area contributed by atoms with Crippen LogP contribution in [0.4, 0.5) is 5.69 Å². The van der Waals surface area contributed by atoms with E-state index in [1.54, 1.807) is 17.5 Å². The molecule has 2 N–H and O–H groups in total. The lowest BCUT2D eigenvalue weighted by molar-refractivity contribution is 0.686. The number of thiophene rings is 1. The predicted molar refractivity (Wildman–Crippen MR) is 101 cm³/mol. The van der Waals surface area contributed by atoms with E-state index in [1.807, 2.05) is 42.6 Å². The predicted octanol–water partition coefficient (Wildman–Crippen LogP) is 4.73. The first-order chi connectivity index (χ1) is 11.7. The molecule has 0 radical (unpaired) electrons. The summed E-state index contributed by atoms with van der Waals surface area (Å²) in [6, 6.07) is 15.4. The highest BCUT2D eigenvalue weighted by atomic mass is 32.2. The van der Waals surface area contributed by atoms with Gasteiger partial charge in [-0.3, -0.25) is 0 Å². The smallest absolute Gasteiger partial charge is 0.150 e. The Bertz CT molecular complexity index is 1020. The van der Waals surface area contributed by atoms with E-state index >= 15 is 0 Å². The largest absolute Gasteiger partial charge is 0.345 e. The van der Waals surface area contributed by atoms with Crippen LogP contribution in [0.1, 0.15) is 4.88 Å². The molecule has 4 nitrogen and oxygen atoms in total. The van der Waals surface area contributed by atoms with E-state index in [-0.39, 0.29) is 0 Å². The van der Waals surface area contributed by atoms with Gasteiger partial charge in [0.15, 0.2) is 0 Å². The Morgan fingerprint density at radius 2 is 1.96 bits per heavy atom. The third-order valence-electron chi connectivity index (χ3n) is 3.74. The second-order valence-electron chi connectivity index (χ2n) is 5.38. The van der Waals surface area contributed by atoms with Crippen LogP contribution in [0.5, 0.6) is 0 Å². The van der Waals surface area contributed by atoms with Crippen molar-refractivity contribution >= 4 is 39.0 Å². The van der Waals surface area contributed by atoms with Gasteiger partial charge in [0.25, 0.3) is 0 Å². The summed E-state index contributed by atoms with van der Waals surface area (Å²) in [5.41, 5.74) is 2.67. The molecule has 0 bridgehead atoms. The van der Waals surface area contributed by atoms with Crippen LogP contribution in [0.2, 0.25) is 0 Å². The number of aromatic nitrogens is 2. The van der Waals surface area contributed by atoms with E-state index in [9.17, 15) is 4.21 Å². The molecule has 0 saturated carbocycles. The lowest BCUT2D eigenvalue weighted by atomic mass is 10.1. The number of H-pyrrole nitrogens is 1. The van der Waals surface area contributed by atoms with Crippen molar-refractivity contribution < 1.29 is 4.21 Å². The van der Waals surface area contributed by atoms with Crippen molar-refractivity contribution in [1.82, 2.24) is 9.97 Å². The molecular formula is C18H15N3OS2. The molecule has 0 spiro atoms. The molecule has 1 atom stereocenters. The first kappa shape index (κ1) is 15.1. The Hall–Kier alpha value is -2.44. The molecule has 0 aliphatic heterocycles. The zero-order chi connectivity index (χ0) is 16.5. The molecule has 1 aromatic carbocycles. The molecule has 6 heteroatoms. The highest BCUT2D eigenvalue weighted by Crippen LogP contribution is 2.36. The summed E-state index contributed by atoms with van der Waals surface area (Å²) in [6.07, 6.45) is 3.67. The van der Waals surface area contributed by atoms with Gasteiger partial charge in [0.05, 0.1) is 16.0 Å². The molecule has 0 aliphatic carbocycles. The van der Waals surface area contributed by atoms with Gasteiger partial charge in [-0.2, -0.15) is 0 Å². The van der Waals surface area contributed by atoms with Crippen LogP contribution in [-0.2, 0) is 11.0 Å². The maximum Gasteiger partial charge on any atom is 0.150 e. The lowest BCUT2D eigenvalue weighted by Crippen LogP contribution is -2.05. The third kappa shape index (κ3) is 2.74. The number of aromatic amines is 1. The summed E-state index contributed by atoms with van der Waals surface area (Å²) in [7, 11) is -1.32. The topological polar surface area (TPSA) is 57.8 Å². The zero-order valence-corrected chi connectivity index (χ0v) is 14.6. The molecule has 0 fully saturated rings. The van der Waals surface area contributed by atoms with Crippen LogP contribution in [0.3, 0.4) is 0 Å². The Labute approximate surface area is 146 Å². The summed E-state index contributed by atoms with van der Waals surface area (Å²) < 4.78 is 15.7. The van der Waals surface area contributed by atoms with E-state index in [0.29, 0.717) is 0 Å². The van der Waals surface area contributed by atoms with Gasteiger partial charge in [0, 0.05) is 27.7 Å². The van der Waals surface area contributed by atoms with Crippen molar-refractivity contribution in [2.24, 2.45) is 0 Å². The number of pyridine rings is 1. The summed E-state index contributed by atoms with van der Waals surface area (Å²) >= 11 is 1.73. The van der Waals surface area contributed by atoms with Gasteiger partial charge in [0.1, 0.15) is 16.6 Å². The van der Waals surface area contributed by atoms with E-state index in [4.69, 9.17) is 0 Å². The van der Waals surface area contributed by atoms with Crippen LogP contribution >= 0.6 is 11.3 Å². The molecule has 1 unspecified atom stereocenters. The normalized spacial score (nSPS) is 12.4. The van der Waals surface area contributed by atoms with Crippen molar-refractivity contribution in [2.75, 3.05) is 4.72 Å². The fraction of sp³-hybridized carbons (Fsp3) is 0.0556. The first-order valence-corrected chi connectivity index (χ1v) is 9.45. The Balaban J connectivity index is 1.78. The van der Waals surface area contributed by atoms with Crippen molar-refractivity contribution in [1.29, 1.82) is 0 Å². The van der Waals surface area contributed by atoms with E-state index < -0.39 is 11.0 Å². The van der Waals surface area contributed by atoms with E-state index in [0.717, 1.165) is 27.2 Å². The average molecular weight is 353 g/mol. The molecule has 3 aromatic heterocycles. The van der Waals surface area contributed by atoms with Gasteiger partial charge in [-0.25, -0.2) is 9.19 Å². The Morgan fingerprint density at radius 3 is 2.71 bits per heavy atom. The number of aryl methyl sites for hydroxylation is 1. The summed E-state index contributed by atoms with van der Waals surface area (Å²) in [5.74, 6) is 0. The quantitative estimate of drug-likeness (QED) is 0.557. The minimum absolute atomic E-state index is 0.742. The van der Waals surface area contributed by atoms with Crippen molar-refractivity contribution in [3.05, 3.63) is 65.8 Å². The SMILES string of the molecule is Cc1ccc(-c2c[nH]c3nccc(NS(=O)c4ccccc4)c23)s1. The van der Waals surface area contributed by atoms with Gasteiger partial charge in [-0.05, 0) is 37.3 Å². The van der Waals surface area contributed by atoms with E-state index in [1.165, 1.54) is 9.75 Å². The summed E-state index contributed by atoms with van der Waals surface area (Å²) in [6.45, 7) is 2.09. The molecule has 4 rings (SSSR count). The summed E-state index contributed by atoms with van der Waals surface area (Å²) in [5, 5.41) is 0.962. The van der Waals surface area contributed by atoms with Crippen LogP contribution in [0, 0.1) is 6.92 Å². The van der Waals surface area contributed by atoms with Crippen LogP contribution < -0.4 is 4.72 Å². The summed E-state index contributed by atoms with van der Waals surface area (Å²) in [4.78, 5) is 10.8. The molecular weight excluding hydrogens is 338 g/mol. The van der Waals surface area contributed by atoms with Crippen LogP contribution in [0.15, 0.2) is 65.8 Å². The molecule has 120 valence electrons. The van der Waals surface area contributed by atoms with Gasteiger partial charge >= 0.3 is 0 Å². The van der Waals surface area contributed by atoms with Crippen molar-refractivity contribution in [2.45, 2.75) is 11.8 Å². The second-order valence-corrected chi connectivity index (χ2v) is 7.88. The highest BCUT2D eigenvalue weighted by Gasteiger charge is 2.14. The van der Waals surface area contributed by atoms with Gasteiger partial charge < -0.3 is 9.71 Å². The van der Waals surface area contributed by atoms with Crippen LogP contribution in [-0.4, -0.2) is 14.2 Å². The number of benzene rings is 1. The second kappa shape index (κ2) is 6.22. The van der Waals surface area contributed by atoms with Gasteiger partial charge in [-0.1, -0.05) is 18.2 Å². The number of hydrogen-bond donors (Lipinski definition) is 2. The molecule has 0 amide bonds. The lowest BCUT2D eigenvalue weighted by Gasteiger charge is -2.08. The fourth-order valence-electron chi connectivity index (χ4n) is 2.62. The highest BCUT2D eigenvalue weighted by molar-refractivity contribution is 7.86. The first-order valence-electron chi connectivity index (χ1n) is 7.49. The average Bonchev–Trinajstić information content (AvgIpc) is 3.22. The number of nitrogens with one attached hydrogen (secondary N) is 2. The van der Waals surface area contributed by atoms with Crippen molar-refractivity contribution in [3.8, 4) is 10.4 Å². The maximum absolute atomic E-state index is 12.6. The van der Waals surface area contributed by atoms with Gasteiger partial charge in [-0.15, -0.1) is 11.3 Å². The third-order valence-corrected chi connectivity index (χ3v) is 5.88. The maximum atomic E-state index is 12.6. The van der Waals surface area contributed by atoms with Crippen LogP contribution in [0.25, 0.3) is 21.5 Å². The molecule has 24 heavy (non-hydrogen) atoms. The molecule has 0 saturated heterocycles. The number of hydrogen-bond acceptors (Lipinski definition) is 3. The van der Waals surface area contributed by atoms with Gasteiger partial charge in [0.2, 0.25) is 0 Å². The minimum atomic E-state index is -1.32. The van der Waals surface area contributed by atoms with Crippen molar-refractivity contribution in [3.63, 3.8) is 0 Å². The number of fused-ring (bicyclic) bond motifs is 1. The molecule has 4 aromatic rings. The number of nitrogens with zero attached hydrogens (tertiary/aromatic N) is 1. The standard InChI is InChI=1S/C18H15N3OS2/c1-12-7-8-16(23-12)14-11-20-18-17(14)15(9-10-19-18)21-24(22)13-5-3-2-4-6-13/h2-11H,1H3,(H2,19,20,21). The van der Waals surface area contributed by atoms with E-state index in [2.05, 4.69) is 33.7 Å². The minimum Gasteiger partial charge on any atom is -0.345 e. The number of rotatable bonds is 4. The molecule has 0 aliphatic rings. The molecule has 3 heterocycles. The number of anilines is 1.